The first-order valence-corrected chi connectivity index (χ1v) is 10.5. The highest BCUT2D eigenvalue weighted by Gasteiger charge is 2.24. The van der Waals surface area contributed by atoms with Gasteiger partial charge in [-0.3, -0.25) is 14.4 Å². The molecule has 2 aliphatic rings. The zero-order chi connectivity index (χ0) is 21.1. The first-order chi connectivity index (χ1) is 14.5. The molecule has 1 aliphatic heterocycles. The third-order valence-corrected chi connectivity index (χ3v) is 5.61. The molecule has 1 saturated carbocycles. The van der Waals surface area contributed by atoms with Gasteiger partial charge < -0.3 is 15.1 Å². The second-order valence-electron chi connectivity index (χ2n) is 8.23. The molecule has 0 spiro atoms. The number of amides is 3. The molecule has 6 nitrogen and oxygen atoms in total. The van der Waals surface area contributed by atoms with Crippen LogP contribution in [-0.4, -0.2) is 47.2 Å². The van der Waals surface area contributed by atoms with E-state index in [1.807, 2.05) is 35.2 Å². The molecule has 2 fully saturated rings. The fourth-order valence-electron chi connectivity index (χ4n) is 3.72. The number of hydrogen-bond donors (Lipinski definition) is 1. The number of benzene rings is 2. The van der Waals surface area contributed by atoms with Crippen LogP contribution in [0.3, 0.4) is 0 Å². The lowest BCUT2D eigenvalue weighted by Gasteiger charge is -2.19. The number of rotatable bonds is 7. The van der Waals surface area contributed by atoms with Crippen LogP contribution in [0.5, 0.6) is 0 Å². The molecule has 0 unspecified atom stereocenters. The Morgan fingerprint density at radius 1 is 1.07 bits per heavy atom. The minimum atomic E-state index is -0.0693. The summed E-state index contributed by atoms with van der Waals surface area (Å²) in [6.07, 6.45) is 3.64. The Morgan fingerprint density at radius 2 is 1.83 bits per heavy atom. The Hall–Kier alpha value is -3.15. The summed E-state index contributed by atoms with van der Waals surface area (Å²) in [5.41, 5.74) is 3.19. The highest BCUT2D eigenvalue weighted by molar-refractivity contribution is 5.95. The van der Waals surface area contributed by atoms with Crippen LogP contribution in [0, 0.1) is 0 Å². The van der Waals surface area contributed by atoms with Gasteiger partial charge in [-0.2, -0.15) is 0 Å². The Balaban J connectivity index is 1.36. The van der Waals surface area contributed by atoms with Crippen LogP contribution in [-0.2, 0) is 17.9 Å². The van der Waals surface area contributed by atoms with Gasteiger partial charge in [0.1, 0.15) is 0 Å². The third-order valence-electron chi connectivity index (χ3n) is 5.61. The van der Waals surface area contributed by atoms with Crippen molar-refractivity contribution in [1.82, 2.24) is 15.1 Å². The van der Waals surface area contributed by atoms with E-state index >= 15 is 0 Å². The molecular formula is C24H27N3O3. The average Bonchev–Trinajstić information content (AvgIpc) is 3.48. The SMILES string of the molecule is CN(Cc1ccc(C(=O)NC2CC2)cc1)C(=O)c1cccc(CN2CCCC2=O)c1. The lowest BCUT2D eigenvalue weighted by molar-refractivity contribution is -0.128. The first-order valence-electron chi connectivity index (χ1n) is 10.5. The minimum absolute atomic E-state index is 0.0400. The summed E-state index contributed by atoms with van der Waals surface area (Å²) < 4.78 is 0. The monoisotopic (exact) mass is 405 g/mol. The molecule has 30 heavy (non-hydrogen) atoms. The summed E-state index contributed by atoms with van der Waals surface area (Å²) in [5.74, 6) is 0.0695. The number of carbonyl (C=O) groups is 3. The topological polar surface area (TPSA) is 69.7 Å². The Bertz CT molecular complexity index is 950. The van der Waals surface area contributed by atoms with Gasteiger partial charge >= 0.3 is 0 Å². The van der Waals surface area contributed by atoms with Gasteiger partial charge in [0.2, 0.25) is 5.91 Å². The zero-order valence-electron chi connectivity index (χ0n) is 17.3. The molecular weight excluding hydrogens is 378 g/mol. The van der Waals surface area contributed by atoms with Crippen molar-refractivity contribution < 1.29 is 14.4 Å². The average molecular weight is 405 g/mol. The highest BCUT2D eigenvalue weighted by atomic mass is 16.2. The number of likely N-dealkylation sites (tertiary alicyclic amines) is 1. The number of carbonyl (C=O) groups excluding carboxylic acids is 3. The molecule has 2 aromatic rings. The van der Waals surface area contributed by atoms with E-state index in [1.54, 1.807) is 30.1 Å². The largest absolute Gasteiger partial charge is 0.349 e. The molecule has 1 aliphatic carbocycles. The van der Waals surface area contributed by atoms with E-state index in [9.17, 15) is 14.4 Å². The Labute approximate surface area is 176 Å². The Morgan fingerprint density at radius 3 is 2.50 bits per heavy atom. The van der Waals surface area contributed by atoms with E-state index in [-0.39, 0.29) is 17.7 Å². The smallest absolute Gasteiger partial charge is 0.253 e. The fourth-order valence-corrected chi connectivity index (χ4v) is 3.72. The maximum absolute atomic E-state index is 12.9. The quantitative estimate of drug-likeness (QED) is 0.770. The van der Waals surface area contributed by atoms with E-state index in [4.69, 9.17) is 0 Å². The van der Waals surface area contributed by atoms with Crippen LogP contribution in [0.25, 0.3) is 0 Å². The van der Waals surface area contributed by atoms with Gasteiger partial charge in [-0.25, -0.2) is 0 Å². The van der Waals surface area contributed by atoms with E-state index in [0.717, 1.165) is 36.9 Å². The van der Waals surface area contributed by atoms with Crippen molar-refractivity contribution in [2.75, 3.05) is 13.6 Å². The molecule has 2 aromatic carbocycles. The standard InChI is InChI=1S/C24H27N3O3/c1-26(15-17-7-9-19(10-8-17)23(29)25-21-11-12-21)24(30)20-5-2-4-18(14-20)16-27-13-3-6-22(27)28/h2,4-5,7-10,14,21H,3,6,11-13,15-16H2,1H3,(H,25,29). The molecule has 1 N–H and O–H groups in total. The lowest BCUT2D eigenvalue weighted by atomic mass is 10.1. The van der Waals surface area contributed by atoms with Gasteiger partial charge in [0.05, 0.1) is 0 Å². The summed E-state index contributed by atoms with van der Waals surface area (Å²) in [7, 11) is 1.77. The molecule has 0 bridgehead atoms. The number of hydrogen-bond acceptors (Lipinski definition) is 3. The molecule has 156 valence electrons. The van der Waals surface area contributed by atoms with E-state index < -0.39 is 0 Å². The van der Waals surface area contributed by atoms with Crippen LogP contribution in [0.15, 0.2) is 48.5 Å². The molecule has 4 rings (SSSR count). The molecule has 1 saturated heterocycles. The van der Waals surface area contributed by atoms with Crippen LogP contribution >= 0.6 is 0 Å². The minimum Gasteiger partial charge on any atom is -0.349 e. The summed E-state index contributed by atoms with van der Waals surface area (Å²) in [6.45, 7) is 1.79. The van der Waals surface area contributed by atoms with Crippen molar-refractivity contribution in [3.63, 3.8) is 0 Å². The van der Waals surface area contributed by atoms with Crippen molar-refractivity contribution in [3.05, 3.63) is 70.8 Å². The van der Waals surface area contributed by atoms with Crippen molar-refractivity contribution in [2.24, 2.45) is 0 Å². The lowest BCUT2D eigenvalue weighted by Crippen LogP contribution is -2.27. The summed E-state index contributed by atoms with van der Waals surface area (Å²) in [4.78, 5) is 40.3. The Kier molecular flexibility index (Phi) is 5.84. The van der Waals surface area contributed by atoms with Gasteiger partial charge in [-0.15, -0.1) is 0 Å². The van der Waals surface area contributed by atoms with Crippen LogP contribution < -0.4 is 5.32 Å². The van der Waals surface area contributed by atoms with Gasteiger partial charge in [0.25, 0.3) is 11.8 Å². The maximum Gasteiger partial charge on any atom is 0.253 e. The van der Waals surface area contributed by atoms with Crippen molar-refractivity contribution in [3.8, 4) is 0 Å². The van der Waals surface area contributed by atoms with Crippen molar-refractivity contribution in [2.45, 2.75) is 44.8 Å². The van der Waals surface area contributed by atoms with Crippen LogP contribution in [0.4, 0.5) is 0 Å². The second-order valence-corrected chi connectivity index (χ2v) is 8.23. The zero-order valence-corrected chi connectivity index (χ0v) is 17.3. The van der Waals surface area contributed by atoms with E-state index in [2.05, 4.69) is 5.32 Å². The van der Waals surface area contributed by atoms with Gasteiger partial charge in [0.15, 0.2) is 0 Å². The fraction of sp³-hybridized carbons (Fsp3) is 0.375. The summed E-state index contributed by atoms with van der Waals surface area (Å²) in [5, 5.41) is 2.98. The molecule has 0 atom stereocenters. The van der Waals surface area contributed by atoms with Gasteiger partial charge in [0, 0.05) is 50.3 Å². The summed E-state index contributed by atoms with van der Waals surface area (Å²) in [6, 6.07) is 15.2. The van der Waals surface area contributed by atoms with Crippen molar-refractivity contribution in [1.29, 1.82) is 0 Å². The van der Waals surface area contributed by atoms with Crippen LogP contribution in [0.2, 0.25) is 0 Å². The van der Waals surface area contributed by atoms with Gasteiger partial charge in [-0.05, 0) is 54.7 Å². The predicted molar refractivity (Wildman–Crippen MR) is 114 cm³/mol. The molecule has 0 radical (unpaired) electrons. The normalized spacial score (nSPS) is 15.9. The summed E-state index contributed by atoms with van der Waals surface area (Å²) >= 11 is 0. The van der Waals surface area contributed by atoms with E-state index in [1.165, 1.54) is 0 Å². The van der Waals surface area contributed by atoms with E-state index in [0.29, 0.717) is 36.7 Å². The number of nitrogens with zero attached hydrogens (tertiary/aromatic N) is 2. The molecule has 0 aromatic heterocycles. The van der Waals surface area contributed by atoms with Gasteiger partial charge in [-0.1, -0.05) is 24.3 Å². The third kappa shape index (κ3) is 4.87. The maximum atomic E-state index is 12.9. The van der Waals surface area contributed by atoms with Crippen LogP contribution in [0.1, 0.15) is 57.5 Å². The predicted octanol–water partition coefficient (Wildman–Crippen LogP) is 2.97. The van der Waals surface area contributed by atoms with Crippen molar-refractivity contribution >= 4 is 17.7 Å². The molecule has 3 amide bonds. The molecule has 1 heterocycles. The molecule has 6 heteroatoms. The first kappa shape index (κ1) is 20.1. The highest BCUT2D eigenvalue weighted by Crippen LogP contribution is 2.20. The number of nitrogens with one attached hydrogen (secondary N) is 1. The second kappa shape index (κ2) is 8.69.